The van der Waals surface area contributed by atoms with E-state index in [9.17, 15) is 4.79 Å². The van der Waals surface area contributed by atoms with Crippen molar-refractivity contribution in [1.82, 2.24) is 10.6 Å². The molecule has 0 bridgehead atoms. The zero-order valence-electron chi connectivity index (χ0n) is 12.1. The van der Waals surface area contributed by atoms with Crippen molar-refractivity contribution in [3.05, 3.63) is 22.7 Å². The van der Waals surface area contributed by atoms with Crippen molar-refractivity contribution in [2.45, 2.75) is 25.8 Å². The predicted molar refractivity (Wildman–Crippen MR) is 83.5 cm³/mol. The molecule has 0 radical (unpaired) electrons. The van der Waals surface area contributed by atoms with Crippen LogP contribution in [0.5, 0.6) is 5.75 Å². The first-order valence-electron chi connectivity index (χ1n) is 7.42. The highest BCUT2D eigenvalue weighted by Crippen LogP contribution is 2.40. The molecule has 0 aliphatic carbocycles. The molecule has 1 aromatic rings. The second-order valence-electron chi connectivity index (χ2n) is 5.41. The lowest BCUT2D eigenvalue weighted by molar-refractivity contribution is 0.238. The summed E-state index contributed by atoms with van der Waals surface area (Å²) in [5, 5.41) is 6.53. The number of ether oxygens (including phenoxy) is 1. The second kappa shape index (κ2) is 6.02. The number of fused-ring (bicyclic) bond motifs is 1. The highest BCUT2D eigenvalue weighted by molar-refractivity contribution is 6.33. The van der Waals surface area contributed by atoms with Crippen molar-refractivity contribution in [2.75, 3.05) is 31.1 Å². The van der Waals surface area contributed by atoms with Crippen molar-refractivity contribution < 1.29 is 9.53 Å². The molecule has 1 saturated heterocycles. The van der Waals surface area contributed by atoms with Crippen LogP contribution < -0.4 is 20.3 Å². The Morgan fingerprint density at radius 3 is 3.19 bits per heavy atom. The summed E-state index contributed by atoms with van der Waals surface area (Å²) in [5.41, 5.74) is 2.27. The van der Waals surface area contributed by atoms with Gasteiger partial charge in [-0.05, 0) is 25.5 Å². The first-order chi connectivity index (χ1) is 10.2. The fraction of sp³-hybridized carbons (Fsp3) is 0.533. The minimum absolute atomic E-state index is 0.0999. The monoisotopic (exact) mass is 309 g/mol. The number of amides is 2. The number of benzene rings is 1. The van der Waals surface area contributed by atoms with Gasteiger partial charge in [0.25, 0.3) is 0 Å². The lowest BCUT2D eigenvalue weighted by Crippen LogP contribution is -2.43. The molecule has 1 fully saturated rings. The number of anilines is 1. The smallest absolute Gasteiger partial charge is 0.315 e. The van der Waals surface area contributed by atoms with E-state index in [-0.39, 0.29) is 12.1 Å². The van der Waals surface area contributed by atoms with Gasteiger partial charge in [0.2, 0.25) is 0 Å². The van der Waals surface area contributed by atoms with Gasteiger partial charge in [-0.1, -0.05) is 11.6 Å². The van der Waals surface area contributed by atoms with Crippen molar-refractivity contribution in [3.8, 4) is 5.75 Å². The van der Waals surface area contributed by atoms with Crippen molar-refractivity contribution >= 4 is 23.3 Å². The standard InChI is InChI=1S/C15H20ClN3O2/c1-2-17-15(20)18-10-5-7-19(9-10)14-11-6-8-21-13(11)4-3-12(14)16/h3-4,10H,2,5-9H2,1H3,(H2,17,18,20)/t10-/m0/s1. The first kappa shape index (κ1) is 14.3. The normalized spacial score (nSPS) is 20.1. The molecular weight excluding hydrogens is 290 g/mol. The van der Waals surface area contributed by atoms with Gasteiger partial charge >= 0.3 is 6.03 Å². The van der Waals surface area contributed by atoms with Crippen LogP contribution in [0.2, 0.25) is 5.02 Å². The summed E-state index contributed by atoms with van der Waals surface area (Å²) < 4.78 is 5.61. The average molecular weight is 310 g/mol. The number of rotatable bonds is 3. The Kier molecular flexibility index (Phi) is 4.10. The molecule has 0 saturated carbocycles. The maximum atomic E-state index is 11.6. The van der Waals surface area contributed by atoms with Gasteiger partial charge in [-0.3, -0.25) is 0 Å². The molecule has 0 spiro atoms. The minimum Gasteiger partial charge on any atom is -0.493 e. The summed E-state index contributed by atoms with van der Waals surface area (Å²) in [6, 6.07) is 3.89. The lowest BCUT2D eigenvalue weighted by atomic mass is 10.1. The lowest BCUT2D eigenvalue weighted by Gasteiger charge is -2.23. The van der Waals surface area contributed by atoms with Gasteiger partial charge < -0.3 is 20.3 Å². The van der Waals surface area contributed by atoms with Crippen LogP contribution in [0.15, 0.2) is 12.1 Å². The summed E-state index contributed by atoms with van der Waals surface area (Å²) in [4.78, 5) is 13.9. The Morgan fingerprint density at radius 2 is 2.38 bits per heavy atom. The van der Waals surface area contributed by atoms with Gasteiger partial charge in [-0.2, -0.15) is 0 Å². The third kappa shape index (κ3) is 2.88. The summed E-state index contributed by atoms with van der Waals surface area (Å²) >= 11 is 6.39. The summed E-state index contributed by atoms with van der Waals surface area (Å²) in [6.07, 6.45) is 1.83. The number of carbonyl (C=O) groups excluding carboxylic acids is 1. The van der Waals surface area contributed by atoms with E-state index in [1.165, 1.54) is 5.56 Å². The van der Waals surface area contributed by atoms with Crippen LogP contribution in [-0.2, 0) is 6.42 Å². The third-order valence-electron chi connectivity index (χ3n) is 3.98. The van der Waals surface area contributed by atoms with Gasteiger partial charge in [0, 0.05) is 37.7 Å². The maximum absolute atomic E-state index is 11.6. The van der Waals surface area contributed by atoms with Crippen molar-refractivity contribution in [3.63, 3.8) is 0 Å². The number of nitrogens with one attached hydrogen (secondary N) is 2. The molecule has 2 aliphatic heterocycles. The fourth-order valence-corrected chi connectivity index (χ4v) is 3.35. The van der Waals surface area contributed by atoms with Crippen LogP contribution in [0.3, 0.4) is 0 Å². The molecule has 1 atom stereocenters. The van der Waals surface area contributed by atoms with Gasteiger partial charge in [0.15, 0.2) is 0 Å². The minimum atomic E-state index is -0.0999. The van der Waals surface area contributed by atoms with Crippen LogP contribution in [0.25, 0.3) is 0 Å². The molecule has 1 aromatic carbocycles. The molecule has 0 unspecified atom stereocenters. The quantitative estimate of drug-likeness (QED) is 0.900. The molecular formula is C15H20ClN3O2. The maximum Gasteiger partial charge on any atom is 0.315 e. The Hall–Kier alpha value is -1.62. The van der Waals surface area contributed by atoms with E-state index in [1.807, 2.05) is 19.1 Å². The summed E-state index contributed by atoms with van der Waals surface area (Å²) in [7, 11) is 0. The van der Waals surface area contributed by atoms with E-state index in [0.29, 0.717) is 6.54 Å². The third-order valence-corrected chi connectivity index (χ3v) is 4.28. The summed E-state index contributed by atoms with van der Waals surface area (Å²) in [6.45, 7) is 4.95. The number of hydrogen-bond acceptors (Lipinski definition) is 3. The largest absolute Gasteiger partial charge is 0.493 e. The van der Waals surface area contributed by atoms with Gasteiger partial charge in [-0.15, -0.1) is 0 Å². The van der Waals surface area contributed by atoms with Crippen LogP contribution >= 0.6 is 11.6 Å². The molecule has 0 aromatic heterocycles. The topological polar surface area (TPSA) is 53.6 Å². The zero-order chi connectivity index (χ0) is 14.8. The molecule has 2 amide bonds. The van der Waals surface area contributed by atoms with Crippen LogP contribution in [-0.4, -0.2) is 38.3 Å². The zero-order valence-corrected chi connectivity index (χ0v) is 12.9. The van der Waals surface area contributed by atoms with E-state index >= 15 is 0 Å². The van der Waals surface area contributed by atoms with E-state index < -0.39 is 0 Å². The molecule has 21 heavy (non-hydrogen) atoms. The molecule has 2 N–H and O–H groups in total. The van der Waals surface area contributed by atoms with Crippen molar-refractivity contribution in [1.29, 1.82) is 0 Å². The number of carbonyl (C=O) groups is 1. The van der Waals surface area contributed by atoms with Gasteiger partial charge in [0.05, 0.1) is 17.3 Å². The van der Waals surface area contributed by atoms with Crippen LogP contribution in [0.4, 0.5) is 10.5 Å². The number of halogens is 1. The predicted octanol–water partition coefficient (Wildman–Crippen LogP) is 2.17. The van der Waals surface area contributed by atoms with Crippen LogP contribution in [0.1, 0.15) is 18.9 Å². The molecule has 2 heterocycles. The highest BCUT2D eigenvalue weighted by atomic mass is 35.5. The molecule has 3 rings (SSSR count). The van der Waals surface area contributed by atoms with Crippen molar-refractivity contribution in [2.24, 2.45) is 0 Å². The Bertz CT molecular complexity index is 550. The second-order valence-corrected chi connectivity index (χ2v) is 5.81. The first-order valence-corrected chi connectivity index (χ1v) is 7.80. The molecule has 6 heteroatoms. The molecule has 2 aliphatic rings. The summed E-state index contributed by atoms with van der Waals surface area (Å²) in [5.74, 6) is 0.939. The molecule has 5 nitrogen and oxygen atoms in total. The Morgan fingerprint density at radius 1 is 1.52 bits per heavy atom. The van der Waals surface area contributed by atoms with Gasteiger partial charge in [-0.25, -0.2) is 4.79 Å². The SMILES string of the molecule is CCNC(=O)N[C@H]1CCN(c2c(Cl)ccc3c2CCO3)C1. The Labute approximate surface area is 129 Å². The molecule has 114 valence electrons. The van der Waals surface area contributed by atoms with Crippen LogP contribution in [0, 0.1) is 0 Å². The number of nitrogens with zero attached hydrogens (tertiary/aromatic N) is 1. The fourth-order valence-electron chi connectivity index (χ4n) is 3.05. The number of hydrogen-bond donors (Lipinski definition) is 2. The van der Waals surface area contributed by atoms with E-state index in [2.05, 4.69) is 15.5 Å². The Balaban J connectivity index is 1.72. The average Bonchev–Trinajstić information content (AvgIpc) is 3.08. The highest BCUT2D eigenvalue weighted by Gasteiger charge is 2.29. The van der Waals surface area contributed by atoms with E-state index in [1.54, 1.807) is 0 Å². The number of urea groups is 1. The van der Waals surface area contributed by atoms with E-state index in [0.717, 1.165) is 49.0 Å². The van der Waals surface area contributed by atoms with Gasteiger partial charge in [0.1, 0.15) is 5.75 Å². The van der Waals surface area contributed by atoms with E-state index in [4.69, 9.17) is 16.3 Å².